The van der Waals surface area contributed by atoms with Crippen LogP contribution in [0.3, 0.4) is 0 Å². The quantitative estimate of drug-likeness (QED) is 0.529. The van der Waals surface area contributed by atoms with Crippen LogP contribution in [0.15, 0.2) is 60.7 Å². The molecule has 0 bridgehead atoms. The summed E-state index contributed by atoms with van der Waals surface area (Å²) < 4.78 is 4.80. The molecular formula is C16H17NO3. The van der Waals surface area contributed by atoms with Crippen molar-refractivity contribution in [2.75, 3.05) is 6.54 Å². The van der Waals surface area contributed by atoms with Gasteiger partial charge in [0.15, 0.2) is 5.78 Å². The molecule has 0 saturated carbocycles. The second-order valence-corrected chi connectivity index (χ2v) is 3.91. The van der Waals surface area contributed by atoms with E-state index in [9.17, 15) is 9.59 Å². The molecule has 4 nitrogen and oxygen atoms in total. The normalized spacial score (nSPS) is 9.10. The maximum Gasteiger partial charge on any atom is 0.325 e. The van der Waals surface area contributed by atoms with Crippen LogP contribution in [0.2, 0.25) is 0 Å². The molecule has 0 aliphatic carbocycles. The number of nitrogens with two attached hydrogens (primary N) is 1. The predicted octanol–water partition coefficient (Wildman–Crippen LogP) is 2.44. The molecule has 2 rings (SSSR count). The average Bonchev–Trinajstić information content (AvgIpc) is 2.49. The van der Waals surface area contributed by atoms with E-state index in [0.717, 1.165) is 5.56 Å². The zero-order valence-corrected chi connectivity index (χ0v) is 11.3. The number of carbonyl (C=O) groups excluding carboxylic acids is 2. The first-order chi connectivity index (χ1) is 9.63. The summed E-state index contributed by atoms with van der Waals surface area (Å²) in [5, 5.41) is 0. The van der Waals surface area contributed by atoms with Gasteiger partial charge < -0.3 is 10.5 Å². The van der Waals surface area contributed by atoms with Gasteiger partial charge in [0.1, 0.15) is 5.75 Å². The minimum absolute atomic E-state index is 0.0884. The fraction of sp³-hybridized carbons (Fsp3) is 0.125. The summed E-state index contributed by atoms with van der Waals surface area (Å²) in [6.45, 7) is 1.48. The smallest absolute Gasteiger partial charge is 0.325 e. The standard InChI is InChI=1S/C8H9NO2.C8H8O/c9-6-8(10)11-7-4-2-1-3-5-7;1-7(9)8-5-3-2-4-6-8/h1-5H,6,9H2;2-6H,1H3. The third kappa shape index (κ3) is 5.93. The number of hydrogen-bond donors (Lipinski definition) is 1. The Bertz CT molecular complexity index is 538. The zero-order chi connectivity index (χ0) is 14.8. The van der Waals surface area contributed by atoms with Gasteiger partial charge in [0.25, 0.3) is 0 Å². The molecule has 0 saturated heterocycles. The monoisotopic (exact) mass is 271 g/mol. The van der Waals surface area contributed by atoms with Gasteiger partial charge in [-0.2, -0.15) is 0 Å². The summed E-state index contributed by atoms with van der Waals surface area (Å²) in [6, 6.07) is 18.1. The lowest BCUT2D eigenvalue weighted by atomic mass is 10.2. The first-order valence-electron chi connectivity index (χ1n) is 6.15. The fourth-order valence-corrected chi connectivity index (χ4v) is 1.33. The number of esters is 1. The number of carbonyl (C=O) groups is 2. The molecule has 0 spiro atoms. The maximum atomic E-state index is 10.6. The van der Waals surface area contributed by atoms with Gasteiger partial charge in [-0.25, -0.2) is 0 Å². The van der Waals surface area contributed by atoms with Gasteiger partial charge in [0.2, 0.25) is 0 Å². The minimum Gasteiger partial charge on any atom is -0.426 e. The molecule has 2 aromatic carbocycles. The summed E-state index contributed by atoms with van der Waals surface area (Å²) in [4.78, 5) is 21.3. The SMILES string of the molecule is CC(=O)c1ccccc1.NCC(=O)Oc1ccccc1. The van der Waals surface area contributed by atoms with Gasteiger partial charge in [-0.15, -0.1) is 0 Å². The molecule has 0 unspecified atom stereocenters. The van der Waals surface area contributed by atoms with E-state index >= 15 is 0 Å². The predicted molar refractivity (Wildman–Crippen MR) is 77.6 cm³/mol. The number of hydrogen-bond acceptors (Lipinski definition) is 4. The second kappa shape index (κ2) is 8.61. The molecule has 0 aliphatic rings. The summed E-state index contributed by atoms with van der Waals surface area (Å²) >= 11 is 0. The van der Waals surface area contributed by atoms with Crippen molar-refractivity contribution < 1.29 is 14.3 Å². The number of benzene rings is 2. The lowest BCUT2D eigenvalue weighted by Crippen LogP contribution is -2.19. The summed E-state index contributed by atoms with van der Waals surface area (Å²) in [5.41, 5.74) is 5.82. The van der Waals surface area contributed by atoms with E-state index in [1.807, 2.05) is 36.4 Å². The Kier molecular flexibility index (Phi) is 6.71. The zero-order valence-electron chi connectivity index (χ0n) is 11.3. The molecule has 0 radical (unpaired) electrons. The largest absolute Gasteiger partial charge is 0.426 e. The minimum atomic E-state index is -0.420. The Morgan fingerprint density at radius 2 is 1.45 bits per heavy atom. The Hall–Kier alpha value is -2.46. The van der Waals surface area contributed by atoms with Gasteiger partial charge in [-0.05, 0) is 19.1 Å². The molecule has 104 valence electrons. The molecule has 4 heteroatoms. The molecule has 2 N–H and O–H groups in total. The average molecular weight is 271 g/mol. The Labute approximate surface area is 118 Å². The van der Waals surface area contributed by atoms with Gasteiger partial charge >= 0.3 is 5.97 Å². The third-order valence-corrected chi connectivity index (χ3v) is 2.32. The van der Waals surface area contributed by atoms with Crippen LogP contribution in [0.5, 0.6) is 5.75 Å². The molecule has 20 heavy (non-hydrogen) atoms. The van der Waals surface area contributed by atoms with E-state index in [2.05, 4.69) is 0 Å². The van der Waals surface area contributed by atoms with Crippen molar-refractivity contribution in [1.29, 1.82) is 0 Å². The van der Waals surface area contributed by atoms with Gasteiger partial charge in [0.05, 0.1) is 6.54 Å². The van der Waals surface area contributed by atoms with E-state index in [1.54, 1.807) is 31.2 Å². The van der Waals surface area contributed by atoms with Crippen molar-refractivity contribution in [2.45, 2.75) is 6.92 Å². The number of Topliss-reactive ketones (excluding diaryl/α,β-unsaturated/α-hetero) is 1. The van der Waals surface area contributed by atoms with E-state index in [0.29, 0.717) is 5.75 Å². The highest BCUT2D eigenvalue weighted by molar-refractivity contribution is 5.93. The van der Waals surface area contributed by atoms with Crippen molar-refractivity contribution in [3.8, 4) is 5.75 Å². The number of para-hydroxylation sites is 1. The van der Waals surface area contributed by atoms with E-state index in [-0.39, 0.29) is 12.3 Å². The molecule has 0 heterocycles. The van der Waals surface area contributed by atoms with Crippen molar-refractivity contribution in [1.82, 2.24) is 0 Å². The summed E-state index contributed by atoms with van der Waals surface area (Å²) in [6.07, 6.45) is 0. The van der Waals surface area contributed by atoms with Gasteiger partial charge in [-0.1, -0.05) is 48.5 Å². The topological polar surface area (TPSA) is 69.4 Å². The first kappa shape index (κ1) is 15.6. The Morgan fingerprint density at radius 3 is 1.85 bits per heavy atom. The highest BCUT2D eigenvalue weighted by Gasteiger charge is 1.98. The number of ketones is 1. The van der Waals surface area contributed by atoms with Crippen molar-refractivity contribution in [3.63, 3.8) is 0 Å². The molecule has 0 aliphatic heterocycles. The summed E-state index contributed by atoms with van der Waals surface area (Å²) in [7, 11) is 0. The molecule has 0 amide bonds. The maximum absolute atomic E-state index is 10.6. The number of rotatable bonds is 3. The number of ether oxygens (including phenoxy) is 1. The van der Waals surface area contributed by atoms with Crippen molar-refractivity contribution in [2.24, 2.45) is 5.73 Å². The third-order valence-electron chi connectivity index (χ3n) is 2.32. The van der Waals surface area contributed by atoms with Gasteiger partial charge in [0, 0.05) is 5.56 Å². The van der Waals surface area contributed by atoms with Crippen LogP contribution in [0, 0.1) is 0 Å². The van der Waals surface area contributed by atoms with Crippen LogP contribution in [-0.4, -0.2) is 18.3 Å². The van der Waals surface area contributed by atoms with Crippen LogP contribution in [0.25, 0.3) is 0 Å². The fourth-order valence-electron chi connectivity index (χ4n) is 1.33. The second-order valence-electron chi connectivity index (χ2n) is 3.91. The first-order valence-corrected chi connectivity index (χ1v) is 6.15. The highest BCUT2D eigenvalue weighted by Crippen LogP contribution is 2.07. The molecule has 0 aromatic heterocycles. The molecule has 0 fully saturated rings. The molecule has 2 aromatic rings. The van der Waals surface area contributed by atoms with Crippen LogP contribution < -0.4 is 10.5 Å². The Balaban J connectivity index is 0.000000204. The van der Waals surface area contributed by atoms with Crippen molar-refractivity contribution in [3.05, 3.63) is 66.2 Å². The van der Waals surface area contributed by atoms with E-state index < -0.39 is 5.97 Å². The van der Waals surface area contributed by atoms with Gasteiger partial charge in [-0.3, -0.25) is 9.59 Å². The van der Waals surface area contributed by atoms with E-state index in [4.69, 9.17) is 10.5 Å². The van der Waals surface area contributed by atoms with Crippen LogP contribution in [-0.2, 0) is 4.79 Å². The van der Waals surface area contributed by atoms with Crippen LogP contribution >= 0.6 is 0 Å². The lowest BCUT2D eigenvalue weighted by Gasteiger charge is -1.99. The summed E-state index contributed by atoms with van der Waals surface area (Å²) in [5.74, 6) is 0.231. The molecule has 0 atom stereocenters. The Morgan fingerprint density at radius 1 is 0.950 bits per heavy atom. The van der Waals surface area contributed by atoms with E-state index in [1.165, 1.54) is 0 Å². The van der Waals surface area contributed by atoms with Crippen LogP contribution in [0.1, 0.15) is 17.3 Å². The van der Waals surface area contributed by atoms with Crippen molar-refractivity contribution >= 4 is 11.8 Å². The lowest BCUT2D eigenvalue weighted by molar-refractivity contribution is -0.132. The molecular weight excluding hydrogens is 254 g/mol. The van der Waals surface area contributed by atoms with Crippen LogP contribution in [0.4, 0.5) is 0 Å². The highest BCUT2D eigenvalue weighted by atomic mass is 16.5.